The summed E-state index contributed by atoms with van der Waals surface area (Å²) in [6, 6.07) is 5.00. The maximum atomic E-state index is 13.3. The molecule has 1 aliphatic rings. The first-order chi connectivity index (χ1) is 8.24. The summed E-state index contributed by atoms with van der Waals surface area (Å²) in [4.78, 5) is 0. The van der Waals surface area contributed by atoms with Gasteiger partial charge in [0.15, 0.2) is 0 Å². The molecule has 1 fully saturated rings. The van der Waals surface area contributed by atoms with Gasteiger partial charge < -0.3 is 5.11 Å². The van der Waals surface area contributed by atoms with E-state index < -0.39 is 5.60 Å². The third kappa shape index (κ3) is 2.31. The Balaban J connectivity index is 2.34. The average Bonchev–Trinajstić information content (AvgIpc) is 2.27. The zero-order valence-electron chi connectivity index (χ0n) is 11.8. The molecule has 0 aliphatic heterocycles. The van der Waals surface area contributed by atoms with Gasteiger partial charge in [0.2, 0.25) is 0 Å². The van der Waals surface area contributed by atoms with E-state index in [9.17, 15) is 9.50 Å². The van der Waals surface area contributed by atoms with E-state index in [0.29, 0.717) is 11.0 Å². The van der Waals surface area contributed by atoms with Gasteiger partial charge >= 0.3 is 0 Å². The van der Waals surface area contributed by atoms with Crippen molar-refractivity contribution in [2.45, 2.75) is 52.6 Å². The summed E-state index contributed by atoms with van der Waals surface area (Å²) in [5.41, 5.74) is 0.969. The first-order valence-corrected chi connectivity index (χ1v) is 6.74. The highest BCUT2D eigenvalue weighted by Crippen LogP contribution is 2.48. The Bertz CT molecular complexity index is 452. The van der Waals surface area contributed by atoms with E-state index in [0.717, 1.165) is 24.8 Å². The Labute approximate surface area is 109 Å². The van der Waals surface area contributed by atoms with Gasteiger partial charge in [-0.05, 0) is 54.7 Å². The highest BCUT2D eigenvalue weighted by Gasteiger charge is 2.43. The Morgan fingerprint density at radius 3 is 2.50 bits per heavy atom. The van der Waals surface area contributed by atoms with Crippen molar-refractivity contribution in [2.24, 2.45) is 11.3 Å². The Morgan fingerprint density at radius 2 is 1.94 bits per heavy atom. The molecule has 1 aliphatic carbocycles. The van der Waals surface area contributed by atoms with Crippen LogP contribution in [-0.2, 0) is 5.60 Å². The van der Waals surface area contributed by atoms with Crippen LogP contribution in [0.1, 0.15) is 51.2 Å². The molecule has 100 valence electrons. The first-order valence-electron chi connectivity index (χ1n) is 6.74. The molecule has 18 heavy (non-hydrogen) atoms. The lowest BCUT2D eigenvalue weighted by atomic mass is 9.63. The normalized spacial score (nSPS) is 31.3. The van der Waals surface area contributed by atoms with Gasteiger partial charge in [-0.25, -0.2) is 4.39 Å². The number of halogens is 1. The minimum atomic E-state index is -0.798. The van der Waals surface area contributed by atoms with Crippen molar-refractivity contribution in [3.05, 3.63) is 35.1 Å². The van der Waals surface area contributed by atoms with Gasteiger partial charge in [-0.15, -0.1) is 0 Å². The smallest absolute Gasteiger partial charge is 0.126 e. The summed E-state index contributed by atoms with van der Waals surface area (Å²) in [6.45, 7) is 8.34. The van der Waals surface area contributed by atoms with Crippen LogP contribution in [0.4, 0.5) is 4.39 Å². The largest absolute Gasteiger partial charge is 0.385 e. The predicted molar refractivity (Wildman–Crippen MR) is 71.8 cm³/mol. The standard InChI is InChI=1S/C16H23FO/c1-11-9-13(5-6-14(11)17)16(18)8-7-15(3,4)10-12(16)2/h5-6,9,12,18H,7-8,10H2,1-4H3. The molecule has 0 amide bonds. The fourth-order valence-corrected chi connectivity index (χ4v) is 3.22. The molecule has 1 saturated carbocycles. The van der Waals surface area contributed by atoms with E-state index in [2.05, 4.69) is 20.8 Å². The van der Waals surface area contributed by atoms with Crippen LogP contribution in [0.3, 0.4) is 0 Å². The minimum Gasteiger partial charge on any atom is -0.385 e. The van der Waals surface area contributed by atoms with Gasteiger partial charge in [0.05, 0.1) is 5.60 Å². The van der Waals surface area contributed by atoms with Crippen LogP contribution < -0.4 is 0 Å². The van der Waals surface area contributed by atoms with Crippen LogP contribution in [0.2, 0.25) is 0 Å². The van der Waals surface area contributed by atoms with Crippen molar-refractivity contribution in [1.82, 2.24) is 0 Å². The van der Waals surface area contributed by atoms with Gasteiger partial charge in [0.25, 0.3) is 0 Å². The summed E-state index contributed by atoms with van der Waals surface area (Å²) in [7, 11) is 0. The molecule has 0 saturated heterocycles. The van der Waals surface area contributed by atoms with Crippen molar-refractivity contribution >= 4 is 0 Å². The van der Waals surface area contributed by atoms with Gasteiger partial charge in [0, 0.05) is 0 Å². The zero-order chi connectivity index (χ0) is 13.6. The highest BCUT2D eigenvalue weighted by molar-refractivity contribution is 5.30. The highest BCUT2D eigenvalue weighted by atomic mass is 19.1. The molecule has 0 spiro atoms. The third-order valence-electron chi connectivity index (χ3n) is 4.51. The van der Waals surface area contributed by atoms with Crippen LogP contribution in [0.15, 0.2) is 18.2 Å². The van der Waals surface area contributed by atoms with E-state index in [1.807, 2.05) is 0 Å². The SMILES string of the molecule is Cc1cc(C2(O)CCC(C)(C)CC2C)ccc1F. The van der Waals surface area contributed by atoms with Crippen molar-refractivity contribution in [1.29, 1.82) is 0 Å². The molecule has 2 atom stereocenters. The second kappa shape index (κ2) is 4.34. The van der Waals surface area contributed by atoms with Gasteiger partial charge in [-0.3, -0.25) is 0 Å². The molecule has 1 aromatic carbocycles. The summed E-state index contributed by atoms with van der Waals surface area (Å²) >= 11 is 0. The minimum absolute atomic E-state index is 0.200. The number of aliphatic hydroxyl groups is 1. The lowest BCUT2D eigenvalue weighted by Gasteiger charge is -2.45. The van der Waals surface area contributed by atoms with Crippen molar-refractivity contribution < 1.29 is 9.50 Å². The predicted octanol–water partition coefficient (Wildman–Crippen LogP) is 4.17. The molecule has 2 heteroatoms. The fourth-order valence-electron chi connectivity index (χ4n) is 3.22. The quantitative estimate of drug-likeness (QED) is 0.793. The molecule has 0 bridgehead atoms. The summed E-state index contributed by atoms with van der Waals surface area (Å²) < 4.78 is 13.3. The van der Waals surface area contributed by atoms with E-state index >= 15 is 0 Å². The maximum absolute atomic E-state index is 13.3. The van der Waals surface area contributed by atoms with Crippen LogP contribution in [-0.4, -0.2) is 5.11 Å². The van der Waals surface area contributed by atoms with Gasteiger partial charge in [-0.2, -0.15) is 0 Å². The Morgan fingerprint density at radius 1 is 1.28 bits per heavy atom. The van der Waals surface area contributed by atoms with Crippen LogP contribution in [0.5, 0.6) is 0 Å². The second-order valence-electron chi connectivity index (χ2n) is 6.66. The first kappa shape index (κ1) is 13.5. The fraction of sp³-hybridized carbons (Fsp3) is 0.625. The van der Waals surface area contributed by atoms with Gasteiger partial charge in [-0.1, -0.05) is 32.9 Å². The molecular weight excluding hydrogens is 227 g/mol. The lowest BCUT2D eigenvalue weighted by Crippen LogP contribution is -2.41. The van der Waals surface area contributed by atoms with Crippen LogP contribution in [0, 0.1) is 24.1 Å². The number of aryl methyl sites for hydroxylation is 1. The average molecular weight is 250 g/mol. The summed E-state index contributed by atoms with van der Waals surface area (Å²) in [6.07, 6.45) is 2.76. The number of rotatable bonds is 1. The topological polar surface area (TPSA) is 20.2 Å². The molecule has 0 radical (unpaired) electrons. The van der Waals surface area contributed by atoms with Crippen molar-refractivity contribution in [3.8, 4) is 0 Å². The maximum Gasteiger partial charge on any atom is 0.126 e. The van der Waals surface area contributed by atoms with E-state index in [-0.39, 0.29) is 11.7 Å². The molecule has 2 unspecified atom stereocenters. The Kier molecular flexibility index (Phi) is 3.26. The second-order valence-corrected chi connectivity index (χ2v) is 6.66. The van der Waals surface area contributed by atoms with E-state index in [1.165, 1.54) is 6.07 Å². The molecule has 0 heterocycles. The monoisotopic (exact) mass is 250 g/mol. The molecular formula is C16H23FO. The number of benzene rings is 1. The molecule has 1 N–H and O–H groups in total. The third-order valence-corrected chi connectivity index (χ3v) is 4.51. The number of hydrogen-bond donors (Lipinski definition) is 1. The van der Waals surface area contributed by atoms with Crippen LogP contribution in [0.25, 0.3) is 0 Å². The summed E-state index contributed by atoms with van der Waals surface area (Å²) in [5.74, 6) is -0.00254. The molecule has 1 nitrogen and oxygen atoms in total. The van der Waals surface area contributed by atoms with E-state index in [1.54, 1.807) is 19.1 Å². The van der Waals surface area contributed by atoms with E-state index in [4.69, 9.17) is 0 Å². The summed E-state index contributed by atoms with van der Waals surface area (Å²) in [5, 5.41) is 10.9. The van der Waals surface area contributed by atoms with Crippen LogP contribution >= 0.6 is 0 Å². The molecule has 0 aromatic heterocycles. The van der Waals surface area contributed by atoms with Crippen molar-refractivity contribution in [2.75, 3.05) is 0 Å². The number of hydrogen-bond acceptors (Lipinski definition) is 1. The lowest BCUT2D eigenvalue weighted by molar-refractivity contribution is -0.0770. The molecule has 2 rings (SSSR count). The zero-order valence-corrected chi connectivity index (χ0v) is 11.8. The molecule has 1 aromatic rings. The van der Waals surface area contributed by atoms with Gasteiger partial charge in [0.1, 0.15) is 5.82 Å². The Hall–Kier alpha value is -0.890. The van der Waals surface area contributed by atoms with Crippen molar-refractivity contribution in [3.63, 3.8) is 0 Å².